The molecule has 0 radical (unpaired) electrons. The van der Waals surface area contributed by atoms with Crippen molar-refractivity contribution in [1.29, 1.82) is 5.26 Å². The van der Waals surface area contributed by atoms with E-state index in [0.29, 0.717) is 5.92 Å². The molecule has 2 atom stereocenters. The van der Waals surface area contributed by atoms with Gasteiger partial charge in [0, 0.05) is 6.54 Å². The highest BCUT2D eigenvalue weighted by Gasteiger charge is 2.39. The van der Waals surface area contributed by atoms with Gasteiger partial charge in [-0.1, -0.05) is 19.8 Å². The summed E-state index contributed by atoms with van der Waals surface area (Å²) in [5.41, 5.74) is 5.66. The Kier molecular flexibility index (Phi) is 4.64. The molecular formula is C15H27N3. The third-order valence-corrected chi connectivity index (χ3v) is 5.06. The minimum Gasteiger partial charge on any atom is -0.313 e. The number of hydrogen-bond donors (Lipinski definition) is 1. The Morgan fingerprint density at radius 1 is 1.33 bits per heavy atom. The minimum atomic E-state index is -0.532. The van der Waals surface area contributed by atoms with Gasteiger partial charge in [-0.3, -0.25) is 0 Å². The fourth-order valence-corrected chi connectivity index (χ4v) is 3.41. The largest absolute Gasteiger partial charge is 0.313 e. The molecule has 2 fully saturated rings. The van der Waals surface area contributed by atoms with E-state index in [4.69, 9.17) is 5.73 Å². The summed E-state index contributed by atoms with van der Waals surface area (Å²) in [5, 5.41) is 9.22. The van der Waals surface area contributed by atoms with Crippen LogP contribution < -0.4 is 5.73 Å². The molecule has 3 heteroatoms. The van der Waals surface area contributed by atoms with Crippen LogP contribution in [0.5, 0.6) is 0 Å². The molecule has 3 nitrogen and oxygen atoms in total. The van der Waals surface area contributed by atoms with Gasteiger partial charge in [0.2, 0.25) is 0 Å². The van der Waals surface area contributed by atoms with Crippen molar-refractivity contribution in [2.45, 2.75) is 57.4 Å². The summed E-state index contributed by atoms with van der Waals surface area (Å²) < 4.78 is 0. The van der Waals surface area contributed by atoms with E-state index in [1.807, 2.05) is 0 Å². The highest BCUT2D eigenvalue weighted by Crippen LogP contribution is 2.36. The summed E-state index contributed by atoms with van der Waals surface area (Å²) in [5.74, 6) is 1.35. The zero-order valence-electron chi connectivity index (χ0n) is 11.7. The fraction of sp³-hybridized carbons (Fsp3) is 0.933. The topological polar surface area (TPSA) is 53.0 Å². The van der Waals surface area contributed by atoms with Gasteiger partial charge in [0.1, 0.15) is 5.54 Å². The Morgan fingerprint density at radius 3 is 2.67 bits per heavy atom. The van der Waals surface area contributed by atoms with Gasteiger partial charge < -0.3 is 10.6 Å². The molecule has 102 valence electrons. The van der Waals surface area contributed by atoms with Crippen LogP contribution in [0, 0.1) is 23.2 Å². The SMILES string of the molecule is CCN(CCC1CCCC1(N)C#N)CC1CCC1. The first-order valence-electron chi connectivity index (χ1n) is 7.60. The highest BCUT2D eigenvalue weighted by molar-refractivity contribution is 5.11. The maximum absolute atomic E-state index is 9.22. The van der Waals surface area contributed by atoms with Gasteiger partial charge in [-0.15, -0.1) is 0 Å². The van der Waals surface area contributed by atoms with Crippen LogP contribution in [0.15, 0.2) is 0 Å². The van der Waals surface area contributed by atoms with E-state index in [0.717, 1.165) is 44.7 Å². The second kappa shape index (κ2) is 6.04. The van der Waals surface area contributed by atoms with E-state index in [1.54, 1.807) is 0 Å². The summed E-state index contributed by atoms with van der Waals surface area (Å²) in [6.07, 6.45) is 8.52. The molecule has 0 spiro atoms. The van der Waals surface area contributed by atoms with E-state index in [1.165, 1.54) is 25.8 Å². The fourth-order valence-electron chi connectivity index (χ4n) is 3.41. The van der Waals surface area contributed by atoms with Crippen LogP contribution in [-0.4, -0.2) is 30.1 Å². The lowest BCUT2D eigenvalue weighted by atomic mass is 9.84. The molecule has 2 unspecified atom stereocenters. The number of rotatable bonds is 6. The Morgan fingerprint density at radius 2 is 2.11 bits per heavy atom. The molecule has 0 heterocycles. The Hall–Kier alpha value is -0.590. The lowest BCUT2D eigenvalue weighted by Crippen LogP contribution is -2.43. The monoisotopic (exact) mass is 249 g/mol. The van der Waals surface area contributed by atoms with Crippen molar-refractivity contribution < 1.29 is 0 Å². The lowest BCUT2D eigenvalue weighted by molar-refractivity contribution is 0.170. The summed E-state index contributed by atoms with van der Waals surface area (Å²) in [6, 6.07) is 2.35. The molecule has 2 aliphatic carbocycles. The predicted molar refractivity (Wildman–Crippen MR) is 73.9 cm³/mol. The summed E-state index contributed by atoms with van der Waals surface area (Å²) in [4.78, 5) is 2.56. The first-order valence-corrected chi connectivity index (χ1v) is 7.60. The third kappa shape index (κ3) is 3.05. The lowest BCUT2D eigenvalue weighted by Gasteiger charge is -2.33. The van der Waals surface area contributed by atoms with E-state index in [-0.39, 0.29) is 0 Å². The van der Waals surface area contributed by atoms with Gasteiger partial charge in [-0.05, 0) is 57.0 Å². The van der Waals surface area contributed by atoms with E-state index >= 15 is 0 Å². The molecule has 0 bridgehead atoms. The molecule has 2 saturated carbocycles. The van der Waals surface area contributed by atoms with Crippen LogP contribution in [-0.2, 0) is 0 Å². The van der Waals surface area contributed by atoms with Gasteiger partial charge in [0.05, 0.1) is 6.07 Å². The van der Waals surface area contributed by atoms with Crippen molar-refractivity contribution in [1.82, 2.24) is 4.90 Å². The molecule has 2 rings (SSSR count). The molecule has 0 saturated heterocycles. The molecule has 2 N–H and O–H groups in total. The zero-order valence-corrected chi connectivity index (χ0v) is 11.7. The van der Waals surface area contributed by atoms with Gasteiger partial charge in [0.15, 0.2) is 0 Å². The number of nitriles is 1. The van der Waals surface area contributed by atoms with Gasteiger partial charge >= 0.3 is 0 Å². The van der Waals surface area contributed by atoms with Crippen molar-refractivity contribution in [3.63, 3.8) is 0 Å². The molecule has 0 aliphatic heterocycles. The van der Waals surface area contributed by atoms with Gasteiger partial charge in [-0.2, -0.15) is 5.26 Å². The van der Waals surface area contributed by atoms with Gasteiger partial charge in [-0.25, -0.2) is 0 Å². The molecule has 0 aromatic carbocycles. The molecule has 18 heavy (non-hydrogen) atoms. The average molecular weight is 249 g/mol. The number of nitrogens with zero attached hydrogens (tertiary/aromatic N) is 2. The summed E-state index contributed by atoms with van der Waals surface area (Å²) in [7, 11) is 0. The highest BCUT2D eigenvalue weighted by atomic mass is 15.1. The van der Waals surface area contributed by atoms with Crippen molar-refractivity contribution in [3.05, 3.63) is 0 Å². The molecular weight excluding hydrogens is 222 g/mol. The summed E-state index contributed by atoms with van der Waals surface area (Å²) in [6.45, 7) is 5.76. The molecule has 0 aromatic rings. The van der Waals surface area contributed by atoms with Gasteiger partial charge in [0.25, 0.3) is 0 Å². The Labute approximate surface area is 111 Å². The molecule has 2 aliphatic rings. The zero-order chi connectivity index (χ0) is 13.0. The molecule has 0 aromatic heterocycles. The molecule has 0 amide bonds. The maximum atomic E-state index is 9.22. The second-order valence-electron chi connectivity index (χ2n) is 6.22. The number of nitrogens with two attached hydrogens (primary N) is 1. The van der Waals surface area contributed by atoms with E-state index in [9.17, 15) is 5.26 Å². The van der Waals surface area contributed by atoms with Crippen LogP contribution in [0.1, 0.15) is 51.9 Å². The quantitative estimate of drug-likeness (QED) is 0.787. The summed E-state index contributed by atoms with van der Waals surface area (Å²) >= 11 is 0. The predicted octanol–water partition coefficient (Wildman–Crippen LogP) is 2.52. The smallest absolute Gasteiger partial charge is 0.107 e. The minimum absolute atomic E-state index is 0.415. The van der Waals surface area contributed by atoms with Crippen molar-refractivity contribution in [2.24, 2.45) is 17.6 Å². The van der Waals surface area contributed by atoms with Crippen molar-refractivity contribution in [3.8, 4) is 6.07 Å². The van der Waals surface area contributed by atoms with Crippen LogP contribution in [0.25, 0.3) is 0 Å². The Balaban J connectivity index is 1.76. The van der Waals surface area contributed by atoms with Crippen LogP contribution in [0.2, 0.25) is 0 Å². The second-order valence-corrected chi connectivity index (χ2v) is 6.22. The van der Waals surface area contributed by atoms with Crippen molar-refractivity contribution >= 4 is 0 Å². The van der Waals surface area contributed by atoms with E-state index in [2.05, 4.69) is 17.9 Å². The standard InChI is InChI=1S/C15H27N3/c1-2-18(11-13-5-3-6-13)10-8-14-7-4-9-15(14,17)12-16/h13-14H,2-11,17H2,1H3. The van der Waals surface area contributed by atoms with Crippen LogP contribution in [0.3, 0.4) is 0 Å². The van der Waals surface area contributed by atoms with Crippen LogP contribution >= 0.6 is 0 Å². The third-order valence-electron chi connectivity index (χ3n) is 5.06. The average Bonchev–Trinajstić information content (AvgIpc) is 2.70. The Bertz CT molecular complexity index is 305. The maximum Gasteiger partial charge on any atom is 0.107 e. The first kappa shape index (κ1) is 13.8. The van der Waals surface area contributed by atoms with Crippen LogP contribution in [0.4, 0.5) is 0 Å². The number of hydrogen-bond acceptors (Lipinski definition) is 3. The van der Waals surface area contributed by atoms with Crippen molar-refractivity contribution in [2.75, 3.05) is 19.6 Å². The first-order chi connectivity index (χ1) is 8.68. The normalized spacial score (nSPS) is 32.4. The van der Waals surface area contributed by atoms with E-state index < -0.39 is 5.54 Å².